The summed E-state index contributed by atoms with van der Waals surface area (Å²) in [6, 6.07) is 7.84. The Morgan fingerprint density at radius 1 is 1.24 bits per heavy atom. The lowest BCUT2D eigenvalue weighted by atomic mass is 10.2. The maximum atomic E-state index is 6.19. The first-order valence-corrected chi connectivity index (χ1v) is 7.47. The lowest BCUT2D eigenvalue weighted by molar-refractivity contribution is 0.713. The van der Waals surface area contributed by atoms with Crippen LogP contribution in [0.2, 0.25) is 5.02 Å². The summed E-state index contributed by atoms with van der Waals surface area (Å²) in [5, 5.41) is 4.06. The molecule has 0 radical (unpaired) electrons. The average molecular weight is 305 g/mol. The van der Waals surface area contributed by atoms with Crippen molar-refractivity contribution in [1.82, 2.24) is 15.3 Å². The topological polar surface area (TPSA) is 41.1 Å². The van der Waals surface area contributed by atoms with Crippen molar-refractivity contribution in [2.75, 3.05) is 18.5 Å². The third-order valence-electron chi connectivity index (χ3n) is 3.34. The summed E-state index contributed by atoms with van der Waals surface area (Å²) in [5.41, 5.74) is 3.21. The van der Waals surface area contributed by atoms with Crippen molar-refractivity contribution >= 4 is 17.5 Å². The molecule has 0 saturated carbocycles. The van der Waals surface area contributed by atoms with Crippen LogP contribution in [0.25, 0.3) is 0 Å². The second-order valence-corrected chi connectivity index (χ2v) is 5.42. The van der Waals surface area contributed by atoms with Crippen molar-refractivity contribution in [3.63, 3.8) is 0 Å². The number of aryl methyl sites for hydroxylation is 1. The van der Waals surface area contributed by atoms with Gasteiger partial charge in [0.15, 0.2) is 0 Å². The van der Waals surface area contributed by atoms with Gasteiger partial charge in [0.25, 0.3) is 0 Å². The SMILES string of the molecule is CCNCc1cnc(N(C)Cc2ccccc2Cl)nc1C. The molecule has 0 unspecified atom stereocenters. The number of nitrogens with one attached hydrogen (secondary N) is 1. The largest absolute Gasteiger partial charge is 0.339 e. The third kappa shape index (κ3) is 4.16. The highest BCUT2D eigenvalue weighted by atomic mass is 35.5. The van der Waals surface area contributed by atoms with Gasteiger partial charge in [-0.1, -0.05) is 36.7 Å². The van der Waals surface area contributed by atoms with E-state index >= 15 is 0 Å². The van der Waals surface area contributed by atoms with Crippen molar-refractivity contribution in [3.05, 3.63) is 52.3 Å². The van der Waals surface area contributed by atoms with Crippen molar-refractivity contribution in [2.45, 2.75) is 26.9 Å². The maximum absolute atomic E-state index is 6.19. The van der Waals surface area contributed by atoms with Crippen LogP contribution in [0.3, 0.4) is 0 Å². The minimum Gasteiger partial charge on any atom is -0.339 e. The lowest BCUT2D eigenvalue weighted by Gasteiger charge is -2.19. The zero-order chi connectivity index (χ0) is 15.2. The Balaban J connectivity index is 2.11. The number of aromatic nitrogens is 2. The zero-order valence-corrected chi connectivity index (χ0v) is 13.5. The molecule has 0 aliphatic carbocycles. The van der Waals surface area contributed by atoms with E-state index in [4.69, 9.17) is 11.6 Å². The molecule has 1 N–H and O–H groups in total. The molecule has 1 aromatic heterocycles. The first-order chi connectivity index (χ1) is 10.1. The Kier molecular flexibility index (Phi) is 5.53. The molecule has 0 atom stereocenters. The molecular formula is C16H21ClN4. The van der Waals surface area contributed by atoms with Crippen LogP contribution in [0, 0.1) is 6.92 Å². The molecule has 21 heavy (non-hydrogen) atoms. The van der Waals surface area contributed by atoms with E-state index < -0.39 is 0 Å². The van der Waals surface area contributed by atoms with Crippen LogP contribution >= 0.6 is 11.6 Å². The van der Waals surface area contributed by atoms with Crippen LogP contribution in [0.5, 0.6) is 0 Å². The van der Waals surface area contributed by atoms with Crippen LogP contribution in [0.4, 0.5) is 5.95 Å². The first-order valence-electron chi connectivity index (χ1n) is 7.09. The molecule has 2 aromatic rings. The Bertz CT molecular complexity index is 601. The molecule has 0 amide bonds. The first kappa shape index (κ1) is 15.7. The number of halogens is 1. The Labute approximate surface area is 131 Å². The van der Waals surface area contributed by atoms with Crippen LogP contribution in [-0.4, -0.2) is 23.6 Å². The summed E-state index contributed by atoms with van der Waals surface area (Å²) in [6.07, 6.45) is 1.89. The van der Waals surface area contributed by atoms with Crippen LogP contribution in [0.1, 0.15) is 23.7 Å². The minimum atomic E-state index is 0.686. The molecule has 112 valence electrons. The van der Waals surface area contributed by atoms with E-state index in [1.807, 2.05) is 49.3 Å². The summed E-state index contributed by atoms with van der Waals surface area (Å²) in [4.78, 5) is 11.0. The van der Waals surface area contributed by atoms with Gasteiger partial charge in [-0.15, -0.1) is 0 Å². The predicted molar refractivity (Wildman–Crippen MR) is 87.7 cm³/mol. The summed E-state index contributed by atoms with van der Waals surface area (Å²) >= 11 is 6.19. The smallest absolute Gasteiger partial charge is 0.225 e. The molecule has 0 fully saturated rings. The molecular weight excluding hydrogens is 284 g/mol. The normalized spacial score (nSPS) is 10.7. The number of rotatable bonds is 6. The van der Waals surface area contributed by atoms with Crippen LogP contribution < -0.4 is 10.2 Å². The summed E-state index contributed by atoms with van der Waals surface area (Å²) in [5.74, 6) is 0.715. The molecule has 0 spiro atoms. The quantitative estimate of drug-likeness (QED) is 0.890. The Morgan fingerprint density at radius 2 is 2.00 bits per heavy atom. The number of anilines is 1. The van der Waals surface area contributed by atoms with Crippen molar-refractivity contribution in [3.8, 4) is 0 Å². The van der Waals surface area contributed by atoms with E-state index in [0.717, 1.165) is 34.9 Å². The van der Waals surface area contributed by atoms with Gasteiger partial charge < -0.3 is 10.2 Å². The van der Waals surface area contributed by atoms with Gasteiger partial charge in [-0.25, -0.2) is 9.97 Å². The van der Waals surface area contributed by atoms with Gasteiger partial charge in [0.2, 0.25) is 5.95 Å². The Morgan fingerprint density at radius 3 is 2.67 bits per heavy atom. The molecule has 5 heteroatoms. The summed E-state index contributed by atoms with van der Waals surface area (Å²) < 4.78 is 0. The summed E-state index contributed by atoms with van der Waals surface area (Å²) in [7, 11) is 1.97. The van der Waals surface area contributed by atoms with Gasteiger partial charge in [-0.3, -0.25) is 0 Å². The second-order valence-electron chi connectivity index (χ2n) is 5.01. The number of hydrogen-bond acceptors (Lipinski definition) is 4. The van der Waals surface area contributed by atoms with Gasteiger partial charge in [-0.05, 0) is 25.1 Å². The number of hydrogen-bond donors (Lipinski definition) is 1. The van der Waals surface area contributed by atoms with E-state index in [1.54, 1.807) is 0 Å². The van der Waals surface area contributed by atoms with Crippen LogP contribution in [-0.2, 0) is 13.1 Å². The van der Waals surface area contributed by atoms with E-state index in [-0.39, 0.29) is 0 Å². The highest BCUT2D eigenvalue weighted by molar-refractivity contribution is 6.31. The maximum Gasteiger partial charge on any atom is 0.225 e. The van der Waals surface area contributed by atoms with E-state index in [0.29, 0.717) is 12.5 Å². The van der Waals surface area contributed by atoms with Crippen LogP contribution in [0.15, 0.2) is 30.5 Å². The number of benzene rings is 1. The van der Waals surface area contributed by atoms with Crippen molar-refractivity contribution < 1.29 is 0 Å². The number of nitrogens with zero attached hydrogens (tertiary/aromatic N) is 3. The fourth-order valence-corrected chi connectivity index (χ4v) is 2.25. The third-order valence-corrected chi connectivity index (χ3v) is 3.71. The molecule has 1 aromatic carbocycles. The van der Waals surface area contributed by atoms with Gasteiger partial charge in [0.05, 0.1) is 0 Å². The Hall–Kier alpha value is -1.65. The zero-order valence-electron chi connectivity index (χ0n) is 12.7. The van der Waals surface area contributed by atoms with Crippen molar-refractivity contribution in [1.29, 1.82) is 0 Å². The van der Waals surface area contributed by atoms with E-state index in [1.165, 1.54) is 0 Å². The van der Waals surface area contributed by atoms with E-state index in [9.17, 15) is 0 Å². The molecule has 4 nitrogen and oxygen atoms in total. The van der Waals surface area contributed by atoms with Gasteiger partial charge in [0, 0.05) is 42.6 Å². The fourth-order valence-electron chi connectivity index (χ4n) is 2.05. The molecule has 0 bridgehead atoms. The standard InChI is InChI=1S/C16H21ClN4/c1-4-18-9-14-10-19-16(20-12(14)2)21(3)11-13-7-5-6-8-15(13)17/h5-8,10,18H,4,9,11H2,1-3H3. The lowest BCUT2D eigenvalue weighted by Crippen LogP contribution is -2.21. The highest BCUT2D eigenvalue weighted by Crippen LogP contribution is 2.19. The monoisotopic (exact) mass is 304 g/mol. The summed E-state index contributed by atoms with van der Waals surface area (Å²) in [6.45, 7) is 6.53. The van der Waals surface area contributed by atoms with Crippen molar-refractivity contribution in [2.24, 2.45) is 0 Å². The van der Waals surface area contributed by atoms with Gasteiger partial charge >= 0.3 is 0 Å². The molecule has 2 rings (SSSR count). The highest BCUT2D eigenvalue weighted by Gasteiger charge is 2.09. The average Bonchev–Trinajstić information content (AvgIpc) is 2.48. The fraction of sp³-hybridized carbons (Fsp3) is 0.375. The second kappa shape index (κ2) is 7.38. The molecule has 0 aliphatic heterocycles. The molecule has 0 aliphatic rings. The molecule has 0 saturated heterocycles. The molecule has 1 heterocycles. The van der Waals surface area contributed by atoms with E-state index in [2.05, 4.69) is 22.2 Å². The van der Waals surface area contributed by atoms with Gasteiger partial charge in [-0.2, -0.15) is 0 Å². The minimum absolute atomic E-state index is 0.686. The predicted octanol–water partition coefficient (Wildman–Crippen LogP) is 3.18. The van der Waals surface area contributed by atoms with Gasteiger partial charge in [0.1, 0.15) is 0 Å².